The van der Waals surface area contributed by atoms with E-state index in [2.05, 4.69) is 15.3 Å². The average molecular weight is 420 g/mol. The van der Waals surface area contributed by atoms with E-state index < -0.39 is 17.1 Å². The van der Waals surface area contributed by atoms with Crippen LogP contribution in [0.1, 0.15) is 5.56 Å². The van der Waals surface area contributed by atoms with Crippen LogP contribution in [0.3, 0.4) is 0 Å². The van der Waals surface area contributed by atoms with E-state index in [9.17, 15) is 14.4 Å². The average Bonchev–Trinajstić information content (AvgIpc) is 3.01. The van der Waals surface area contributed by atoms with Gasteiger partial charge in [0, 0.05) is 23.6 Å². The minimum absolute atomic E-state index is 0.235. The van der Waals surface area contributed by atoms with Gasteiger partial charge in [-0.1, -0.05) is 18.2 Å². The molecule has 9 heteroatoms. The van der Waals surface area contributed by atoms with Crippen LogP contribution in [0, 0.1) is 0 Å². The zero-order valence-electron chi connectivity index (χ0n) is 15.9. The molecule has 0 aliphatic carbocycles. The number of nitrogens with zero attached hydrogens (tertiary/aromatic N) is 3. The standard InChI is InChI=1S/C21H16N4O4S/c1-29-17-5-3-2-4-13(17)10-18-20(27)25(21(28)30-18)12-19(26)24-14-6-7-15-16(11-14)23-9-8-22-15/h2-11H,12H2,1H3,(H,24,26)/b18-10-. The van der Waals surface area contributed by atoms with Crippen LogP contribution >= 0.6 is 11.8 Å². The number of fused-ring (bicyclic) bond motifs is 1. The Labute approximate surface area is 175 Å². The highest BCUT2D eigenvalue weighted by Crippen LogP contribution is 2.33. The summed E-state index contributed by atoms with van der Waals surface area (Å²) in [4.78, 5) is 46.9. The van der Waals surface area contributed by atoms with Crippen LogP contribution < -0.4 is 10.1 Å². The van der Waals surface area contributed by atoms with Gasteiger partial charge in [0.2, 0.25) is 5.91 Å². The van der Waals surface area contributed by atoms with E-state index in [1.54, 1.807) is 54.9 Å². The second-order valence-electron chi connectivity index (χ2n) is 6.32. The number of ether oxygens (including phenoxy) is 1. The molecule has 3 aromatic rings. The number of imide groups is 1. The lowest BCUT2D eigenvalue weighted by atomic mass is 10.2. The smallest absolute Gasteiger partial charge is 0.294 e. The summed E-state index contributed by atoms with van der Waals surface area (Å²) in [5, 5.41) is 2.18. The topological polar surface area (TPSA) is 101 Å². The first-order valence-electron chi connectivity index (χ1n) is 8.94. The Kier molecular flexibility index (Phi) is 5.44. The molecule has 0 atom stereocenters. The van der Waals surface area contributed by atoms with E-state index >= 15 is 0 Å². The maximum absolute atomic E-state index is 12.7. The monoisotopic (exact) mass is 420 g/mol. The molecule has 0 spiro atoms. The van der Waals surface area contributed by atoms with Crippen LogP contribution in [0.25, 0.3) is 17.1 Å². The summed E-state index contributed by atoms with van der Waals surface area (Å²) in [7, 11) is 1.53. The molecule has 1 aromatic heterocycles. The SMILES string of the molecule is COc1ccccc1/C=C1\SC(=O)N(CC(=O)Nc2ccc3nccnc3c2)C1=O. The fourth-order valence-corrected chi connectivity index (χ4v) is 3.78. The fraction of sp³-hybridized carbons (Fsp3) is 0.0952. The molecule has 0 unspecified atom stereocenters. The first kappa shape index (κ1) is 19.6. The van der Waals surface area contributed by atoms with Gasteiger partial charge >= 0.3 is 0 Å². The van der Waals surface area contributed by atoms with Crippen molar-refractivity contribution in [1.29, 1.82) is 0 Å². The van der Waals surface area contributed by atoms with Gasteiger partial charge in [-0.25, -0.2) is 0 Å². The third kappa shape index (κ3) is 4.01. The van der Waals surface area contributed by atoms with Gasteiger partial charge < -0.3 is 10.1 Å². The Hall–Kier alpha value is -3.72. The second kappa shape index (κ2) is 8.34. The van der Waals surface area contributed by atoms with Crippen LogP contribution in [0.15, 0.2) is 59.8 Å². The number of thioether (sulfide) groups is 1. The maximum atomic E-state index is 12.7. The second-order valence-corrected chi connectivity index (χ2v) is 7.31. The number of aromatic nitrogens is 2. The van der Waals surface area contributed by atoms with Crippen LogP contribution in [-0.2, 0) is 9.59 Å². The summed E-state index contributed by atoms with van der Waals surface area (Å²) >= 11 is 0.791. The molecule has 0 radical (unpaired) electrons. The van der Waals surface area contributed by atoms with Crippen molar-refractivity contribution >= 4 is 51.6 Å². The van der Waals surface area contributed by atoms with E-state index in [4.69, 9.17) is 4.74 Å². The fourth-order valence-electron chi connectivity index (χ4n) is 2.95. The van der Waals surface area contributed by atoms with Crippen molar-refractivity contribution in [3.05, 3.63) is 65.3 Å². The first-order chi connectivity index (χ1) is 14.5. The number of anilines is 1. The van der Waals surface area contributed by atoms with Crippen LogP contribution in [-0.4, -0.2) is 45.6 Å². The number of amides is 3. The van der Waals surface area contributed by atoms with E-state index in [1.165, 1.54) is 7.11 Å². The van der Waals surface area contributed by atoms with Crippen molar-refractivity contribution in [3.63, 3.8) is 0 Å². The Morgan fingerprint density at radius 2 is 1.90 bits per heavy atom. The Bertz CT molecular complexity index is 1190. The molecular weight excluding hydrogens is 404 g/mol. The molecule has 0 saturated carbocycles. The van der Waals surface area contributed by atoms with Crippen molar-refractivity contribution in [2.75, 3.05) is 19.0 Å². The lowest BCUT2D eigenvalue weighted by Gasteiger charge is -2.12. The first-order valence-corrected chi connectivity index (χ1v) is 9.76. The van der Waals surface area contributed by atoms with Gasteiger partial charge in [-0.05, 0) is 42.1 Å². The van der Waals surface area contributed by atoms with Crippen molar-refractivity contribution < 1.29 is 19.1 Å². The summed E-state index contributed by atoms with van der Waals surface area (Å²) < 4.78 is 5.27. The molecule has 4 rings (SSSR count). The maximum Gasteiger partial charge on any atom is 0.294 e. The molecule has 1 N–H and O–H groups in total. The van der Waals surface area contributed by atoms with Gasteiger partial charge in [-0.3, -0.25) is 29.3 Å². The Morgan fingerprint density at radius 1 is 1.13 bits per heavy atom. The zero-order chi connectivity index (χ0) is 21.1. The number of hydrogen-bond acceptors (Lipinski definition) is 7. The highest BCUT2D eigenvalue weighted by Gasteiger charge is 2.36. The van der Waals surface area contributed by atoms with Crippen molar-refractivity contribution in [2.24, 2.45) is 0 Å². The molecule has 8 nitrogen and oxygen atoms in total. The van der Waals surface area contributed by atoms with Crippen LogP contribution in [0.5, 0.6) is 5.75 Å². The number of rotatable bonds is 5. The summed E-state index contributed by atoms with van der Waals surface area (Å²) in [6.07, 6.45) is 4.73. The summed E-state index contributed by atoms with van der Waals surface area (Å²) in [6.45, 7) is -0.383. The quantitative estimate of drug-likeness (QED) is 0.632. The van der Waals surface area contributed by atoms with E-state index in [0.717, 1.165) is 16.7 Å². The molecular formula is C21H16N4O4S. The number of methoxy groups -OCH3 is 1. The highest BCUT2D eigenvalue weighted by molar-refractivity contribution is 8.18. The van der Waals surface area contributed by atoms with Crippen molar-refractivity contribution in [3.8, 4) is 5.75 Å². The Morgan fingerprint density at radius 3 is 2.70 bits per heavy atom. The van der Waals surface area contributed by atoms with Crippen molar-refractivity contribution in [2.45, 2.75) is 0 Å². The Balaban J connectivity index is 1.47. The van der Waals surface area contributed by atoms with Gasteiger partial charge in [0.1, 0.15) is 12.3 Å². The molecule has 30 heavy (non-hydrogen) atoms. The van der Waals surface area contributed by atoms with E-state index in [1.807, 2.05) is 6.07 Å². The molecule has 1 aliphatic heterocycles. The molecule has 2 heterocycles. The lowest BCUT2D eigenvalue weighted by molar-refractivity contribution is -0.127. The molecule has 0 bridgehead atoms. The largest absolute Gasteiger partial charge is 0.496 e. The minimum atomic E-state index is -0.518. The lowest BCUT2D eigenvalue weighted by Crippen LogP contribution is -2.36. The normalized spacial score (nSPS) is 15.1. The summed E-state index contributed by atoms with van der Waals surface area (Å²) in [5.41, 5.74) is 2.50. The number of carbonyl (C=O) groups excluding carboxylic acids is 3. The number of benzene rings is 2. The highest BCUT2D eigenvalue weighted by atomic mass is 32.2. The number of carbonyl (C=O) groups is 3. The summed E-state index contributed by atoms with van der Waals surface area (Å²) in [6, 6.07) is 12.2. The van der Waals surface area contributed by atoms with Crippen molar-refractivity contribution in [1.82, 2.24) is 14.9 Å². The molecule has 3 amide bonds. The third-order valence-electron chi connectivity index (χ3n) is 4.35. The van der Waals surface area contributed by atoms with Crippen LogP contribution in [0.2, 0.25) is 0 Å². The number of para-hydroxylation sites is 1. The molecule has 1 fully saturated rings. The molecule has 2 aromatic carbocycles. The summed E-state index contributed by atoms with van der Waals surface area (Å²) in [5.74, 6) is -0.420. The number of hydrogen-bond donors (Lipinski definition) is 1. The van der Waals surface area contributed by atoms with Crippen LogP contribution in [0.4, 0.5) is 10.5 Å². The predicted molar refractivity (Wildman–Crippen MR) is 114 cm³/mol. The molecule has 1 aliphatic rings. The van der Waals surface area contributed by atoms with E-state index in [0.29, 0.717) is 28.0 Å². The van der Waals surface area contributed by atoms with Gasteiger partial charge in [0.25, 0.3) is 11.1 Å². The third-order valence-corrected chi connectivity index (χ3v) is 5.26. The zero-order valence-corrected chi connectivity index (χ0v) is 16.7. The van der Waals surface area contributed by atoms with Gasteiger partial charge in [0.15, 0.2) is 0 Å². The molecule has 1 saturated heterocycles. The minimum Gasteiger partial charge on any atom is -0.496 e. The van der Waals surface area contributed by atoms with E-state index in [-0.39, 0.29) is 11.4 Å². The van der Waals surface area contributed by atoms with Gasteiger partial charge in [-0.15, -0.1) is 0 Å². The van der Waals surface area contributed by atoms with Gasteiger partial charge in [0.05, 0.1) is 23.0 Å². The predicted octanol–water partition coefficient (Wildman–Crippen LogP) is 3.31. The molecule has 150 valence electrons. The van der Waals surface area contributed by atoms with Gasteiger partial charge in [-0.2, -0.15) is 0 Å². The number of nitrogens with one attached hydrogen (secondary N) is 1.